The summed E-state index contributed by atoms with van der Waals surface area (Å²) in [6.07, 6.45) is 2.91. The number of aromatic nitrogens is 5. The molecule has 0 fully saturated rings. The molecule has 0 radical (unpaired) electrons. The monoisotopic (exact) mass is 386 g/mol. The minimum Gasteiger partial charge on any atom is -0.497 e. The van der Waals surface area contributed by atoms with Crippen LogP contribution >= 0.6 is 0 Å². The van der Waals surface area contributed by atoms with E-state index in [0.29, 0.717) is 5.69 Å². The predicted octanol–water partition coefficient (Wildman–Crippen LogP) is 2.66. The van der Waals surface area contributed by atoms with Crippen molar-refractivity contribution in [2.24, 2.45) is 0 Å². The number of hydrogen-bond donors (Lipinski definition) is 1. The summed E-state index contributed by atoms with van der Waals surface area (Å²) < 4.78 is 5.17. The van der Waals surface area contributed by atoms with Crippen LogP contribution in [0.2, 0.25) is 0 Å². The van der Waals surface area contributed by atoms with E-state index in [1.807, 2.05) is 60.7 Å². The van der Waals surface area contributed by atoms with Crippen LogP contribution in [-0.4, -0.2) is 38.0 Å². The second-order valence-electron chi connectivity index (χ2n) is 6.16. The molecule has 1 amide bonds. The van der Waals surface area contributed by atoms with Crippen LogP contribution in [0.5, 0.6) is 5.75 Å². The Morgan fingerprint density at radius 2 is 1.86 bits per heavy atom. The van der Waals surface area contributed by atoms with Gasteiger partial charge < -0.3 is 10.1 Å². The van der Waals surface area contributed by atoms with Crippen LogP contribution in [0.3, 0.4) is 0 Å². The molecule has 4 rings (SSSR count). The average Bonchev–Trinajstić information content (AvgIpc) is 3.29. The lowest BCUT2D eigenvalue weighted by atomic mass is 10.1. The molecule has 0 spiro atoms. The van der Waals surface area contributed by atoms with Gasteiger partial charge in [-0.1, -0.05) is 18.2 Å². The number of amides is 1. The first-order valence-corrected chi connectivity index (χ1v) is 8.94. The van der Waals surface area contributed by atoms with Gasteiger partial charge in [-0.15, -0.1) is 5.10 Å². The van der Waals surface area contributed by atoms with Gasteiger partial charge in [0.25, 0.3) is 5.91 Å². The second-order valence-corrected chi connectivity index (χ2v) is 6.16. The van der Waals surface area contributed by atoms with Crippen molar-refractivity contribution in [2.45, 2.75) is 6.54 Å². The molecule has 2 aromatic heterocycles. The van der Waals surface area contributed by atoms with Gasteiger partial charge in [0.05, 0.1) is 36.9 Å². The molecule has 29 heavy (non-hydrogen) atoms. The lowest BCUT2D eigenvalue weighted by molar-refractivity contribution is 0.0945. The Morgan fingerprint density at radius 1 is 1.07 bits per heavy atom. The van der Waals surface area contributed by atoms with Crippen LogP contribution in [0.25, 0.3) is 16.9 Å². The summed E-state index contributed by atoms with van der Waals surface area (Å²) in [5.41, 5.74) is 3.41. The molecule has 2 aromatic carbocycles. The third kappa shape index (κ3) is 4.27. The van der Waals surface area contributed by atoms with Crippen molar-refractivity contribution >= 4 is 5.91 Å². The zero-order valence-corrected chi connectivity index (χ0v) is 15.7. The molecular weight excluding hydrogens is 368 g/mol. The standard InChI is InChI=1S/C21H18N6O2/c1-29-18-9-7-15(8-10-18)19-11-16(23-14-24-19)12-22-21(28)20-13-25-27(26-20)17-5-3-2-4-6-17/h2-11,13-14H,12H2,1H3,(H,22,28). The first-order chi connectivity index (χ1) is 14.2. The summed E-state index contributed by atoms with van der Waals surface area (Å²) in [4.78, 5) is 22.3. The van der Waals surface area contributed by atoms with Gasteiger partial charge in [-0.3, -0.25) is 4.79 Å². The van der Waals surface area contributed by atoms with E-state index in [0.717, 1.165) is 22.7 Å². The van der Waals surface area contributed by atoms with Crippen LogP contribution < -0.4 is 10.1 Å². The molecule has 0 saturated heterocycles. The summed E-state index contributed by atoms with van der Waals surface area (Å²) in [5.74, 6) is 0.454. The van der Waals surface area contributed by atoms with Crippen molar-refractivity contribution in [1.82, 2.24) is 30.3 Å². The summed E-state index contributed by atoms with van der Waals surface area (Å²) in [5, 5.41) is 11.2. The Bertz CT molecular complexity index is 1110. The van der Waals surface area contributed by atoms with Crippen molar-refractivity contribution in [2.75, 3.05) is 7.11 Å². The van der Waals surface area contributed by atoms with Gasteiger partial charge >= 0.3 is 0 Å². The number of carbonyl (C=O) groups excluding carboxylic acids is 1. The Hall–Kier alpha value is -4.07. The molecule has 0 saturated carbocycles. The minimum absolute atomic E-state index is 0.235. The Kier molecular flexibility index (Phi) is 5.24. The van der Waals surface area contributed by atoms with Crippen molar-refractivity contribution in [3.63, 3.8) is 0 Å². The molecule has 144 valence electrons. The molecule has 0 aliphatic heterocycles. The lowest BCUT2D eigenvalue weighted by Gasteiger charge is -2.06. The normalized spacial score (nSPS) is 10.5. The number of carbonyl (C=O) groups is 1. The van der Waals surface area contributed by atoms with Crippen LogP contribution in [0.15, 0.2) is 73.2 Å². The fourth-order valence-corrected chi connectivity index (χ4v) is 2.73. The largest absolute Gasteiger partial charge is 0.497 e. The predicted molar refractivity (Wildman–Crippen MR) is 107 cm³/mol. The zero-order valence-electron chi connectivity index (χ0n) is 15.7. The van der Waals surface area contributed by atoms with Gasteiger partial charge in [0, 0.05) is 5.56 Å². The maximum Gasteiger partial charge on any atom is 0.273 e. The number of para-hydroxylation sites is 1. The number of methoxy groups -OCH3 is 1. The molecule has 0 aliphatic rings. The van der Waals surface area contributed by atoms with Crippen LogP contribution in [-0.2, 0) is 6.54 Å². The topological polar surface area (TPSA) is 94.8 Å². The van der Waals surface area contributed by atoms with E-state index in [1.54, 1.807) is 7.11 Å². The molecular formula is C21H18N6O2. The van der Waals surface area contributed by atoms with E-state index in [2.05, 4.69) is 25.5 Å². The maximum absolute atomic E-state index is 12.4. The highest BCUT2D eigenvalue weighted by Gasteiger charge is 2.12. The molecule has 0 aliphatic carbocycles. The Labute approximate surface area is 167 Å². The number of nitrogens with one attached hydrogen (secondary N) is 1. The van der Waals surface area contributed by atoms with Crippen molar-refractivity contribution in [3.05, 3.63) is 84.6 Å². The molecule has 8 nitrogen and oxygen atoms in total. The zero-order chi connectivity index (χ0) is 20.1. The van der Waals surface area contributed by atoms with E-state index in [4.69, 9.17) is 4.74 Å². The highest BCUT2D eigenvalue weighted by Crippen LogP contribution is 2.20. The summed E-state index contributed by atoms with van der Waals surface area (Å²) in [6.45, 7) is 0.253. The first-order valence-electron chi connectivity index (χ1n) is 8.94. The third-order valence-electron chi connectivity index (χ3n) is 4.25. The summed E-state index contributed by atoms with van der Waals surface area (Å²) in [6, 6.07) is 18.8. The van der Waals surface area contributed by atoms with Crippen molar-refractivity contribution < 1.29 is 9.53 Å². The number of nitrogens with zero attached hydrogens (tertiary/aromatic N) is 5. The van der Waals surface area contributed by atoms with E-state index in [-0.39, 0.29) is 18.1 Å². The van der Waals surface area contributed by atoms with E-state index in [9.17, 15) is 4.79 Å². The third-order valence-corrected chi connectivity index (χ3v) is 4.25. The van der Waals surface area contributed by atoms with Crippen LogP contribution in [0.4, 0.5) is 0 Å². The number of benzene rings is 2. The smallest absolute Gasteiger partial charge is 0.273 e. The molecule has 0 bridgehead atoms. The van der Waals surface area contributed by atoms with Gasteiger partial charge in [0.1, 0.15) is 12.1 Å². The van der Waals surface area contributed by atoms with Crippen LogP contribution in [0, 0.1) is 0 Å². The molecule has 0 unspecified atom stereocenters. The second kappa shape index (κ2) is 8.30. The molecule has 2 heterocycles. The van der Waals surface area contributed by atoms with Gasteiger partial charge in [0.15, 0.2) is 5.69 Å². The fraction of sp³-hybridized carbons (Fsp3) is 0.0952. The van der Waals surface area contributed by atoms with Gasteiger partial charge in [-0.2, -0.15) is 9.90 Å². The highest BCUT2D eigenvalue weighted by atomic mass is 16.5. The van der Waals surface area contributed by atoms with Crippen LogP contribution in [0.1, 0.15) is 16.2 Å². The molecule has 0 atom stereocenters. The molecule has 8 heteroatoms. The Morgan fingerprint density at radius 3 is 2.62 bits per heavy atom. The highest BCUT2D eigenvalue weighted by molar-refractivity contribution is 5.91. The number of ether oxygens (including phenoxy) is 1. The molecule has 1 N–H and O–H groups in total. The lowest BCUT2D eigenvalue weighted by Crippen LogP contribution is -2.24. The van der Waals surface area contributed by atoms with Gasteiger partial charge in [-0.05, 0) is 42.5 Å². The maximum atomic E-state index is 12.4. The summed E-state index contributed by atoms with van der Waals surface area (Å²) >= 11 is 0. The number of rotatable bonds is 6. The van der Waals surface area contributed by atoms with Gasteiger partial charge in [0.2, 0.25) is 0 Å². The van der Waals surface area contributed by atoms with Crippen molar-refractivity contribution in [3.8, 4) is 22.7 Å². The first kappa shape index (κ1) is 18.3. The van der Waals surface area contributed by atoms with Crippen molar-refractivity contribution in [1.29, 1.82) is 0 Å². The fourth-order valence-electron chi connectivity index (χ4n) is 2.73. The molecule has 4 aromatic rings. The van der Waals surface area contributed by atoms with E-state index >= 15 is 0 Å². The summed E-state index contributed by atoms with van der Waals surface area (Å²) in [7, 11) is 1.62. The minimum atomic E-state index is -0.322. The van der Waals surface area contributed by atoms with E-state index < -0.39 is 0 Å². The van der Waals surface area contributed by atoms with E-state index in [1.165, 1.54) is 17.3 Å². The van der Waals surface area contributed by atoms with Gasteiger partial charge in [-0.25, -0.2) is 9.97 Å². The Balaban J connectivity index is 1.42. The average molecular weight is 386 g/mol. The SMILES string of the molecule is COc1ccc(-c2cc(CNC(=O)c3cnn(-c4ccccc4)n3)ncn2)cc1. The number of hydrogen-bond acceptors (Lipinski definition) is 6. The quantitative estimate of drug-likeness (QED) is 0.547.